The highest BCUT2D eigenvalue weighted by Crippen LogP contribution is 2.42. The van der Waals surface area contributed by atoms with Gasteiger partial charge in [-0.1, -0.05) is 6.92 Å². The van der Waals surface area contributed by atoms with Crippen LogP contribution in [0.1, 0.15) is 26.2 Å². The smallest absolute Gasteiger partial charge is 0.244 e. The molecule has 0 aromatic heterocycles. The van der Waals surface area contributed by atoms with Gasteiger partial charge < -0.3 is 14.4 Å². The zero-order valence-electron chi connectivity index (χ0n) is 10.7. The number of methoxy groups -OCH3 is 1. The minimum Gasteiger partial charge on any atom is -0.382 e. The van der Waals surface area contributed by atoms with E-state index in [1.54, 1.807) is 7.11 Å². The molecule has 2 rings (SSSR count). The summed E-state index contributed by atoms with van der Waals surface area (Å²) in [5.41, 5.74) is -0.201. The number of carbonyl (C=O) groups is 1. The maximum absolute atomic E-state index is 12.2. The molecule has 1 saturated heterocycles. The Morgan fingerprint density at radius 2 is 2.18 bits per heavy atom. The molecule has 1 spiro atoms. The average molecular weight is 242 g/mol. The van der Waals surface area contributed by atoms with Crippen LogP contribution >= 0.6 is 0 Å². The Labute approximate surface area is 102 Å². The summed E-state index contributed by atoms with van der Waals surface area (Å²) in [5, 5.41) is 3.44. The van der Waals surface area contributed by atoms with Crippen molar-refractivity contribution in [3.05, 3.63) is 0 Å². The van der Waals surface area contributed by atoms with Crippen molar-refractivity contribution in [2.75, 3.05) is 33.5 Å². The minimum absolute atomic E-state index is 0.191. The quantitative estimate of drug-likeness (QED) is 0.655. The first kappa shape index (κ1) is 12.8. The fraction of sp³-hybridized carbons (Fsp3) is 0.917. The molecule has 0 bridgehead atoms. The van der Waals surface area contributed by atoms with Crippen molar-refractivity contribution < 1.29 is 14.3 Å². The summed E-state index contributed by atoms with van der Waals surface area (Å²) >= 11 is 0. The van der Waals surface area contributed by atoms with Crippen molar-refractivity contribution in [2.45, 2.75) is 37.9 Å². The number of carbonyl (C=O) groups excluding carboxylic acids is 1. The predicted molar refractivity (Wildman–Crippen MR) is 63.6 cm³/mol. The molecule has 0 radical (unpaired) electrons. The van der Waals surface area contributed by atoms with Crippen LogP contribution < -0.4 is 5.32 Å². The van der Waals surface area contributed by atoms with Crippen molar-refractivity contribution in [3.8, 4) is 0 Å². The van der Waals surface area contributed by atoms with E-state index in [9.17, 15) is 4.79 Å². The van der Waals surface area contributed by atoms with E-state index in [2.05, 4.69) is 12.2 Å². The Morgan fingerprint density at radius 1 is 1.41 bits per heavy atom. The van der Waals surface area contributed by atoms with Crippen molar-refractivity contribution in [2.24, 2.45) is 0 Å². The van der Waals surface area contributed by atoms with Crippen LogP contribution in [0.5, 0.6) is 0 Å². The molecule has 2 aliphatic rings. The lowest BCUT2D eigenvalue weighted by Gasteiger charge is -2.22. The standard InChI is InChI=1S/C12H22N2O3/c1-3-10-13-12(4-5-12)11(15)14(10)6-7-17-9-8-16-2/h10,13H,3-9H2,1-2H3. The van der Waals surface area contributed by atoms with Gasteiger partial charge in [-0.05, 0) is 19.3 Å². The number of rotatable bonds is 7. The molecular weight excluding hydrogens is 220 g/mol. The van der Waals surface area contributed by atoms with Gasteiger partial charge in [0.25, 0.3) is 0 Å². The van der Waals surface area contributed by atoms with E-state index in [-0.39, 0.29) is 17.6 Å². The molecule has 98 valence electrons. The van der Waals surface area contributed by atoms with Crippen molar-refractivity contribution in [3.63, 3.8) is 0 Å². The monoisotopic (exact) mass is 242 g/mol. The fourth-order valence-corrected chi connectivity index (χ4v) is 2.35. The summed E-state index contributed by atoms with van der Waals surface area (Å²) < 4.78 is 10.3. The van der Waals surface area contributed by atoms with Gasteiger partial charge in [0.15, 0.2) is 0 Å². The highest BCUT2D eigenvalue weighted by atomic mass is 16.5. The summed E-state index contributed by atoms with van der Waals surface area (Å²) in [6, 6.07) is 0. The first-order valence-corrected chi connectivity index (χ1v) is 6.39. The number of hydrogen-bond donors (Lipinski definition) is 1. The zero-order valence-corrected chi connectivity index (χ0v) is 10.7. The molecule has 1 saturated carbocycles. The lowest BCUT2D eigenvalue weighted by molar-refractivity contribution is -0.131. The third kappa shape index (κ3) is 2.61. The van der Waals surface area contributed by atoms with Gasteiger partial charge >= 0.3 is 0 Å². The topological polar surface area (TPSA) is 50.8 Å². The Morgan fingerprint density at radius 3 is 2.76 bits per heavy atom. The number of ether oxygens (including phenoxy) is 2. The molecule has 1 aliphatic carbocycles. The molecule has 17 heavy (non-hydrogen) atoms. The van der Waals surface area contributed by atoms with Gasteiger partial charge in [0.2, 0.25) is 5.91 Å². The van der Waals surface area contributed by atoms with E-state index in [1.807, 2.05) is 4.90 Å². The first-order valence-electron chi connectivity index (χ1n) is 6.39. The van der Waals surface area contributed by atoms with Crippen molar-refractivity contribution >= 4 is 5.91 Å². The molecular formula is C12H22N2O3. The molecule has 0 aromatic carbocycles. The molecule has 1 N–H and O–H groups in total. The largest absolute Gasteiger partial charge is 0.382 e. The third-order valence-corrected chi connectivity index (χ3v) is 3.53. The highest BCUT2D eigenvalue weighted by Gasteiger charge is 2.58. The molecule has 1 atom stereocenters. The zero-order chi connectivity index (χ0) is 12.3. The maximum Gasteiger partial charge on any atom is 0.244 e. The van der Waals surface area contributed by atoms with Gasteiger partial charge in [-0.2, -0.15) is 0 Å². The fourth-order valence-electron chi connectivity index (χ4n) is 2.35. The van der Waals surface area contributed by atoms with E-state index in [4.69, 9.17) is 9.47 Å². The van der Waals surface area contributed by atoms with Crippen molar-refractivity contribution in [1.29, 1.82) is 0 Å². The minimum atomic E-state index is -0.201. The lowest BCUT2D eigenvalue weighted by Crippen LogP contribution is -2.39. The van der Waals surface area contributed by atoms with Crippen LogP contribution in [0.3, 0.4) is 0 Å². The van der Waals surface area contributed by atoms with E-state index in [0.717, 1.165) is 19.3 Å². The van der Waals surface area contributed by atoms with Gasteiger partial charge in [-0.3, -0.25) is 10.1 Å². The Bertz CT molecular complexity index is 279. The number of nitrogens with zero attached hydrogens (tertiary/aromatic N) is 1. The van der Waals surface area contributed by atoms with E-state index >= 15 is 0 Å². The number of amides is 1. The Balaban J connectivity index is 1.76. The van der Waals surface area contributed by atoms with Crippen molar-refractivity contribution in [1.82, 2.24) is 10.2 Å². The highest BCUT2D eigenvalue weighted by molar-refractivity contribution is 5.91. The van der Waals surface area contributed by atoms with Gasteiger partial charge in [0.1, 0.15) is 0 Å². The predicted octanol–water partition coefficient (Wildman–Crippen LogP) is 0.350. The molecule has 1 heterocycles. The first-order chi connectivity index (χ1) is 8.23. The normalized spacial score (nSPS) is 25.9. The second-order valence-electron chi connectivity index (χ2n) is 4.75. The summed E-state index contributed by atoms with van der Waals surface area (Å²) in [6.45, 7) is 4.56. The van der Waals surface area contributed by atoms with E-state index in [1.165, 1.54) is 0 Å². The van der Waals surface area contributed by atoms with Gasteiger partial charge in [0, 0.05) is 13.7 Å². The number of nitrogens with one attached hydrogen (secondary N) is 1. The second kappa shape index (κ2) is 5.33. The lowest BCUT2D eigenvalue weighted by atomic mass is 10.3. The van der Waals surface area contributed by atoms with Gasteiger partial charge in [-0.25, -0.2) is 0 Å². The van der Waals surface area contributed by atoms with Gasteiger partial charge in [0.05, 0.1) is 31.5 Å². The molecule has 1 amide bonds. The SMILES string of the molecule is CCC1NC2(CC2)C(=O)N1CCOCCOC. The van der Waals surface area contributed by atoms with Crippen LogP contribution in [0.25, 0.3) is 0 Å². The van der Waals surface area contributed by atoms with E-state index < -0.39 is 0 Å². The second-order valence-corrected chi connectivity index (χ2v) is 4.75. The molecule has 5 heteroatoms. The summed E-state index contributed by atoms with van der Waals surface area (Å²) in [6.07, 6.45) is 3.12. The van der Waals surface area contributed by atoms with Crippen LogP contribution in [-0.2, 0) is 14.3 Å². The average Bonchev–Trinajstić information content (AvgIpc) is 3.06. The molecule has 1 unspecified atom stereocenters. The van der Waals surface area contributed by atoms with Gasteiger partial charge in [-0.15, -0.1) is 0 Å². The summed E-state index contributed by atoms with van der Waals surface area (Å²) in [4.78, 5) is 14.1. The summed E-state index contributed by atoms with van der Waals surface area (Å²) in [7, 11) is 1.65. The summed E-state index contributed by atoms with van der Waals surface area (Å²) in [5.74, 6) is 0.264. The van der Waals surface area contributed by atoms with Crippen LogP contribution in [0.4, 0.5) is 0 Å². The third-order valence-electron chi connectivity index (χ3n) is 3.53. The number of hydrogen-bond acceptors (Lipinski definition) is 4. The molecule has 0 aromatic rings. The van der Waals surface area contributed by atoms with Crippen LogP contribution in [0.15, 0.2) is 0 Å². The maximum atomic E-state index is 12.2. The van der Waals surface area contributed by atoms with Crippen LogP contribution in [-0.4, -0.2) is 56.0 Å². The van der Waals surface area contributed by atoms with Crippen LogP contribution in [0, 0.1) is 0 Å². The molecule has 1 aliphatic heterocycles. The Kier molecular flexibility index (Phi) is 4.01. The van der Waals surface area contributed by atoms with E-state index in [0.29, 0.717) is 26.4 Å². The molecule has 5 nitrogen and oxygen atoms in total. The molecule has 2 fully saturated rings. The Hall–Kier alpha value is -0.650. The van der Waals surface area contributed by atoms with Crippen LogP contribution in [0.2, 0.25) is 0 Å².